The fourth-order valence-electron chi connectivity index (χ4n) is 4.49. The van der Waals surface area contributed by atoms with Gasteiger partial charge in [0, 0.05) is 29.7 Å². The predicted octanol–water partition coefficient (Wildman–Crippen LogP) is 3.65. The van der Waals surface area contributed by atoms with Crippen molar-refractivity contribution in [3.63, 3.8) is 0 Å². The minimum absolute atomic E-state index is 0.0140. The molecule has 9 heteroatoms. The molecule has 1 saturated heterocycles. The van der Waals surface area contributed by atoms with E-state index in [1.54, 1.807) is 12.1 Å². The summed E-state index contributed by atoms with van der Waals surface area (Å²) in [5.74, 6) is -0.0300. The number of urea groups is 1. The summed E-state index contributed by atoms with van der Waals surface area (Å²) in [6.45, 7) is -0.0376. The Kier molecular flexibility index (Phi) is 5.46. The molecule has 0 aromatic heterocycles. The molecule has 34 heavy (non-hydrogen) atoms. The van der Waals surface area contributed by atoms with E-state index in [9.17, 15) is 19.7 Å². The SMILES string of the molecule is O=C1N[C@@](Cc2ccccc2)(c2ccccc2)C(=O)N1Cc1cc([N+](=O)[O-])cc2c1OCOC2. The maximum absolute atomic E-state index is 13.9. The monoisotopic (exact) mass is 459 g/mol. The van der Waals surface area contributed by atoms with Crippen molar-refractivity contribution in [2.75, 3.05) is 6.79 Å². The van der Waals surface area contributed by atoms with Crippen LogP contribution >= 0.6 is 0 Å². The normalized spacial score (nSPS) is 19.4. The average molecular weight is 459 g/mol. The molecule has 3 aromatic carbocycles. The number of fused-ring (bicyclic) bond motifs is 1. The van der Waals surface area contributed by atoms with Crippen molar-refractivity contribution in [3.8, 4) is 5.75 Å². The maximum Gasteiger partial charge on any atom is 0.325 e. The lowest BCUT2D eigenvalue weighted by Crippen LogP contribution is -2.46. The lowest BCUT2D eigenvalue weighted by atomic mass is 9.83. The Labute approximate surface area is 195 Å². The van der Waals surface area contributed by atoms with E-state index in [4.69, 9.17) is 9.47 Å². The highest BCUT2D eigenvalue weighted by atomic mass is 16.7. The zero-order valence-electron chi connectivity index (χ0n) is 18.1. The number of imide groups is 1. The number of benzene rings is 3. The van der Waals surface area contributed by atoms with E-state index < -0.39 is 22.4 Å². The summed E-state index contributed by atoms with van der Waals surface area (Å²) in [6, 6.07) is 20.7. The Balaban J connectivity index is 1.54. The molecular formula is C25H21N3O6. The second-order valence-corrected chi connectivity index (χ2v) is 8.22. The van der Waals surface area contributed by atoms with Crippen LogP contribution in [-0.4, -0.2) is 28.6 Å². The Morgan fingerprint density at radius 3 is 2.44 bits per heavy atom. The topological polar surface area (TPSA) is 111 Å². The summed E-state index contributed by atoms with van der Waals surface area (Å²) < 4.78 is 10.8. The van der Waals surface area contributed by atoms with Gasteiger partial charge in [-0.25, -0.2) is 4.79 Å². The van der Waals surface area contributed by atoms with Crippen molar-refractivity contribution < 1.29 is 24.0 Å². The molecule has 0 radical (unpaired) electrons. The number of nitrogens with zero attached hydrogens (tertiary/aromatic N) is 2. The minimum Gasteiger partial charge on any atom is -0.467 e. The molecule has 0 unspecified atom stereocenters. The van der Waals surface area contributed by atoms with Crippen LogP contribution in [0.25, 0.3) is 0 Å². The second kappa shape index (κ2) is 8.60. The molecular weight excluding hydrogens is 438 g/mol. The summed E-state index contributed by atoms with van der Waals surface area (Å²) in [7, 11) is 0. The van der Waals surface area contributed by atoms with Crippen LogP contribution in [-0.2, 0) is 34.6 Å². The zero-order chi connectivity index (χ0) is 23.7. The van der Waals surface area contributed by atoms with Gasteiger partial charge in [-0.05, 0) is 11.1 Å². The molecule has 1 atom stereocenters. The Morgan fingerprint density at radius 2 is 1.74 bits per heavy atom. The summed E-state index contributed by atoms with van der Waals surface area (Å²) in [6.07, 6.45) is 0.260. The Hall–Kier alpha value is -4.24. The van der Waals surface area contributed by atoms with E-state index in [0.29, 0.717) is 22.4 Å². The molecule has 3 amide bonds. The number of hydrogen-bond acceptors (Lipinski definition) is 6. The number of hydrogen-bond donors (Lipinski definition) is 1. The number of amides is 3. The molecule has 5 rings (SSSR count). The van der Waals surface area contributed by atoms with Gasteiger partial charge in [-0.2, -0.15) is 0 Å². The van der Waals surface area contributed by atoms with E-state index in [1.165, 1.54) is 12.1 Å². The first kappa shape index (κ1) is 21.6. The molecule has 9 nitrogen and oxygen atoms in total. The van der Waals surface area contributed by atoms with Crippen molar-refractivity contribution in [1.29, 1.82) is 0 Å². The van der Waals surface area contributed by atoms with Crippen molar-refractivity contribution in [1.82, 2.24) is 10.2 Å². The highest BCUT2D eigenvalue weighted by Crippen LogP contribution is 2.37. The molecule has 2 aliphatic heterocycles. The third kappa shape index (κ3) is 3.75. The molecule has 0 spiro atoms. The summed E-state index contributed by atoms with van der Waals surface area (Å²) in [5, 5.41) is 14.4. The van der Waals surface area contributed by atoms with E-state index in [2.05, 4.69) is 5.32 Å². The lowest BCUT2D eigenvalue weighted by Gasteiger charge is -2.28. The molecule has 3 aromatic rings. The van der Waals surface area contributed by atoms with Gasteiger partial charge in [-0.3, -0.25) is 19.8 Å². The second-order valence-electron chi connectivity index (χ2n) is 8.22. The smallest absolute Gasteiger partial charge is 0.325 e. The third-order valence-electron chi connectivity index (χ3n) is 6.07. The minimum atomic E-state index is -1.30. The average Bonchev–Trinajstić information content (AvgIpc) is 3.10. The number of nitrogens with one attached hydrogen (secondary N) is 1. The third-order valence-corrected chi connectivity index (χ3v) is 6.07. The summed E-state index contributed by atoms with van der Waals surface area (Å²) in [5.41, 5.74) is 0.958. The van der Waals surface area contributed by atoms with Gasteiger partial charge in [0.05, 0.1) is 18.1 Å². The standard InChI is InChI=1S/C25H21N3O6/c29-23-25(20-9-5-2-6-10-20,13-17-7-3-1-4-8-17)26-24(30)27(23)14-18-11-21(28(31)32)12-19-15-33-16-34-22(18)19/h1-12H,13-16H2,(H,26,30)/t25-/m0/s1. The highest BCUT2D eigenvalue weighted by molar-refractivity contribution is 6.07. The Bertz CT molecular complexity index is 1260. The molecule has 2 aliphatic rings. The number of carbonyl (C=O) groups is 2. The van der Waals surface area contributed by atoms with Crippen molar-refractivity contribution >= 4 is 17.6 Å². The van der Waals surface area contributed by atoms with Crippen molar-refractivity contribution in [2.45, 2.75) is 25.1 Å². The van der Waals surface area contributed by atoms with Crippen molar-refractivity contribution in [3.05, 3.63) is 105 Å². The first-order chi connectivity index (χ1) is 16.5. The van der Waals surface area contributed by atoms with Gasteiger partial charge in [0.25, 0.3) is 11.6 Å². The van der Waals surface area contributed by atoms with Crippen LogP contribution in [0.3, 0.4) is 0 Å². The molecule has 0 bridgehead atoms. The van der Waals surface area contributed by atoms with Crippen LogP contribution in [0.4, 0.5) is 10.5 Å². The molecule has 0 aliphatic carbocycles. The van der Waals surface area contributed by atoms with Gasteiger partial charge in [0.15, 0.2) is 12.3 Å². The van der Waals surface area contributed by atoms with Gasteiger partial charge < -0.3 is 14.8 Å². The number of carbonyl (C=O) groups excluding carboxylic acids is 2. The van der Waals surface area contributed by atoms with Crippen LogP contribution in [0.15, 0.2) is 72.8 Å². The number of nitro groups is 1. The molecule has 1 N–H and O–H groups in total. The van der Waals surface area contributed by atoms with E-state index in [0.717, 1.165) is 10.5 Å². The summed E-state index contributed by atoms with van der Waals surface area (Å²) in [4.78, 5) is 39.1. The quantitative estimate of drug-likeness (QED) is 0.342. The highest BCUT2D eigenvalue weighted by Gasteiger charge is 2.52. The first-order valence-corrected chi connectivity index (χ1v) is 10.7. The van der Waals surface area contributed by atoms with Gasteiger partial charge in [0.2, 0.25) is 0 Å². The van der Waals surface area contributed by atoms with Gasteiger partial charge in [-0.1, -0.05) is 60.7 Å². The van der Waals surface area contributed by atoms with Crippen LogP contribution in [0.1, 0.15) is 22.3 Å². The fourth-order valence-corrected chi connectivity index (χ4v) is 4.49. The van der Waals surface area contributed by atoms with Crippen LogP contribution in [0.2, 0.25) is 0 Å². The maximum atomic E-state index is 13.9. The van der Waals surface area contributed by atoms with Gasteiger partial charge >= 0.3 is 6.03 Å². The Morgan fingerprint density at radius 1 is 1.03 bits per heavy atom. The number of non-ortho nitro benzene ring substituents is 1. The number of rotatable bonds is 6. The molecule has 1 fully saturated rings. The molecule has 2 heterocycles. The zero-order valence-corrected chi connectivity index (χ0v) is 18.1. The largest absolute Gasteiger partial charge is 0.467 e. The van der Waals surface area contributed by atoms with E-state index in [1.807, 2.05) is 48.5 Å². The van der Waals surface area contributed by atoms with Crippen molar-refractivity contribution in [2.24, 2.45) is 0 Å². The van der Waals surface area contributed by atoms with Crippen LogP contribution in [0, 0.1) is 10.1 Å². The first-order valence-electron chi connectivity index (χ1n) is 10.7. The molecule has 0 saturated carbocycles. The lowest BCUT2D eigenvalue weighted by molar-refractivity contribution is -0.385. The van der Waals surface area contributed by atoms with Gasteiger partial charge in [-0.15, -0.1) is 0 Å². The van der Waals surface area contributed by atoms with Crippen LogP contribution < -0.4 is 10.1 Å². The van der Waals surface area contributed by atoms with E-state index >= 15 is 0 Å². The number of ether oxygens (including phenoxy) is 2. The molecule has 172 valence electrons. The summed E-state index contributed by atoms with van der Waals surface area (Å²) >= 11 is 0. The van der Waals surface area contributed by atoms with Gasteiger partial charge in [0.1, 0.15) is 5.75 Å². The fraction of sp³-hybridized carbons (Fsp3) is 0.200. The number of nitro benzene ring substituents is 1. The van der Waals surface area contributed by atoms with Crippen LogP contribution in [0.5, 0.6) is 5.75 Å². The predicted molar refractivity (Wildman–Crippen MR) is 121 cm³/mol. The van der Waals surface area contributed by atoms with E-state index in [-0.39, 0.29) is 32.1 Å².